The van der Waals surface area contributed by atoms with Gasteiger partial charge in [-0.1, -0.05) is 0 Å². The summed E-state index contributed by atoms with van der Waals surface area (Å²) < 4.78 is 10.7. The highest BCUT2D eigenvalue weighted by Gasteiger charge is 2.25. The van der Waals surface area contributed by atoms with Gasteiger partial charge in [-0.25, -0.2) is 0 Å². The normalized spacial score (nSPS) is 23.9. The van der Waals surface area contributed by atoms with Crippen LogP contribution >= 0.6 is 0 Å². The zero-order valence-electron chi connectivity index (χ0n) is 16.4. The van der Waals surface area contributed by atoms with Crippen molar-refractivity contribution >= 4 is 5.96 Å². The molecule has 2 heterocycles. The third-order valence-electron chi connectivity index (χ3n) is 5.11. The molecule has 0 spiro atoms. The van der Waals surface area contributed by atoms with Crippen molar-refractivity contribution in [3.63, 3.8) is 0 Å². The summed E-state index contributed by atoms with van der Waals surface area (Å²) in [6.07, 6.45) is 2.44. The van der Waals surface area contributed by atoms with Gasteiger partial charge in [0.2, 0.25) is 0 Å². The first-order valence-electron chi connectivity index (χ1n) is 9.66. The van der Waals surface area contributed by atoms with Gasteiger partial charge in [0, 0.05) is 59.3 Å². The topological polar surface area (TPSA) is 52.6 Å². The summed E-state index contributed by atoms with van der Waals surface area (Å²) in [5, 5.41) is 3.55. The molecule has 0 saturated carbocycles. The van der Waals surface area contributed by atoms with E-state index in [2.05, 4.69) is 32.1 Å². The fourth-order valence-corrected chi connectivity index (χ4v) is 3.54. The Hall–Kier alpha value is -0.890. The van der Waals surface area contributed by atoms with Crippen molar-refractivity contribution in [2.45, 2.75) is 12.8 Å². The Balaban J connectivity index is 1.63. The number of ether oxygens (including phenoxy) is 2. The van der Waals surface area contributed by atoms with Crippen LogP contribution in [0.4, 0.5) is 0 Å². The molecular weight excluding hydrogens is 318 g/mol. The third-order valence-corrected chi connectivity index (χ3v) is 5.11. The highest BCUT2D eigenvalue weighted by atomic mass is 16.5. The van der Waals surface area contributed by atoms with Crippen molar-refractivity contribution < 1.29 is 9.47 Å². The summed E-state index contributed by atoms with van der Waals surface area (Å²) in [5.41, 5.74) is 0. The van der Waals surface area contributed by atoms with E-state index in [-0.39, 0.29) is 0 Å². The Bertz CT molecular complexity index is 394. The number of methoxy groups -OCH3 is 1. The van der Waals surface area contributed by atoms with E-state index in [4.69, 9.17) is 9.47 Å². The monoisotopic (exact) mass is 355 g/mol. The van der Waals surface area contributed by atoms with Crippen LogP contribution in [0.5, 0.6) is 0 Å². The molecule has 25 heavy (non-hydrogen) atoms. The van der Waals surface area contributed by atoms with Crippen molar-refractivity contribution in [3.8, 4) is 0 Å². The van der Waals surface area contributed by atoms with Gasteiger partial charge in [0.25, 0.3) is 0 Å². The molecule has 0 aromatic heterocycles. The Labute approximate surface area is 153 Å². The number of rotatable bonds is 8. The average molecular weight is 356 g/mol. The molecule has 1 atom stereocenters. The van der Waals surface area contributed by atoms with E-state index in [1.807, 2.05) is 7.05 Å². The van der Waals surface area contributed by atoms with Crippen LogP contribution < -0.4 is 5.32 Å². The number of aliphatic imine (C=N–C) groups is 1. The van der Waals surface area contributed by atoms with Gasteiger partial charge in [-0.3, -0.25) is 4.99 Å². The zero-order valence-corrected chi connectivity index (χ0v) is 16.4. The maximum absolute atomic E-state index is 5.68. The van der Waals surface area contributed by atoms with Gasteiger partial charge in [0.15, 0.2) is 5.96 Å². The van der Waals surface area contributed by atoms with E-state index in [1.54, 1.807) is 7.11 Å². The molecule has 2 saturated heterocycles. The van der Waals surface area contributed by atoms with E-state index in [9.17, 15) is 0 Å². The fourth-order valence-electron chi connectivity index (χ4n) is 3.54. The molecule has 0 aliphatic carbocycles. The minimum Gasteiger partial charge on any atom is -0.382 e. The maximum Gasteiger partial charge on any atom is 0.193 e. The van der Waals surface area contributed by atoms with Gasteiger partial charge in [-0.15, -0.1) is 0 Å². The van der Waals surface area contributed by atoms with E-state index in [1.165, 1.54) is 39.0 Å². The van der Waals surface area contributed by atoms with Gasteiger partial charge in [0.05, 0.1) is 19.8 Å². The molecule has 0 radical (unpaired) electrons. The zero-order chi connectivity index (χ0) is 17.9. The third kappa shape index (κ3) is 7.48. The van der Waals surface area contributed by atoms with Crippen molar-refractivity contribution in [1.82, 2.24) is 20.0 Å². The van der Waals surface area contributed by atoms with Crippen LogP contribution in [-0.2, 0) is 9.47 Å². The van der Waals surface area contributed by atoms with E-state index in [0.717, 1.165) is 38.7 Å². The minimum atomic E-state index is 0.594. The summed E-state index contributed by atoms with van der Waals surface area (Å²) in [6.45, 7) is 11.1. The first-order valence-corrected chi connectivity index (χ1v) is 9.66. The van der Waals surface area contributed by atoms with Crippen LogP contribution in [0.3, 0.4) is 0 Å². The van der Waals surface area contributed by atoms with Crippen LogP contribution in [0.1, 0.15) is 12.8 Å². The maximum atomic E-state index is 5.68. The Morgan fingerprint density at radius 3 is 2.84 bits per heavy atom. The lowest BCUT2D eigenvalue weighted by Crippen LogP contribution is -2.44. The standard InChI is InChI=1S/C18H37N5O2/c1-19-18(20-6-10-22-8-4-7-21(2)11-12-22)23-9-5-17(15-23)16-25-14-13-24-3/h17H,4-16H2,1-3H3,(H,19,20). The predicted octanol–water partition coefficient (Wildman–Crippen LogP) is 0.184. The number of likely N-dealkylation sites (tertiary alicyclic amines) is 1. The molecule has 0 bridgehead atoms. The lowest BCUT2D eigenvalue weighted by atomic mass is 10.1. The summed E-state index contributed by atoms with van der Waals surface area (Å²) in [7, 11) is 5.80. The van der Waals surface area contributed by atoms with Crippen molar-refractivity contribution in [2.75, 3.05) is 93.4 Å². The molecular formula is C18H37N5O2. The van der Waals surface area contributed by atoms with Crippen LogP contribution in [0.2, 0.25) is 0 Å². The van der Waals surface area contributed by atoms with Crippen LogP contribution in [0.15, 0.2) is 4.99 Å². The van der Waals surface area contributed by atoms with E-state index in [0.29, 0.717) is 19.1 Å². The van der Waals surface area contributed by atoms with Crippen molar-refractivity contribution in [3.05, 3.63) is 0 Å². The van der Waals surface area contributed by atoms with Crippen LogP contribution in [0.25, 0.3) is 0 Å². The predicted molar refractivity (Wildman–Crippen MR) is 102 cm³/mol. The summed E-state index contributed by atoms with van der Waals surface area (Å²) >= 11 is 0. The Morgan fingerprint density at radius 1 is 1.16 bits per heavy atom. The molecule has 2 aliphatic rings. The lowest BCUT2D eigenvalue weighted by Gasteiger charge is -2.24. The molecule has 146 valence electrons. The average Bonchev–Trinajstić information content (AvgIpc) is 2.98. The molecule has 1 N–H and O–H groups in total. The quantitative estimate of drug-likeness (QED) is 0.381. The Morgan fingerprint density at radius 2 is 2.04 bits per heavy atom. The molecule has 7 nitrogen and oxygen atoms in total. The first-order chi connectivity index (χ1) is 12.2. The van der Waals surface area contributed by atoms with E-state index < -0.39 is 0 Å². The number of hydrogen-bond acceptors (Lipinski definition) is 5. The highest BCUT2D eigenvalue weighted by Crippen LogP contribution is 2.16. The summed E-state index contributed by atoms with van der Waals surface area (Å²) in [6, 6.07) is 0. The molecule has 2 aliphatic heterocycles. The van der Waals surface area contributed by atoms with Crippen molar-refractivity contribution in [2.24, 2.45) is 10.9 Å². The molecule has 1 unspecified atom stereocenters. The lowest BCUT2D eigenvalue weighted by molar-refractivity contribution is 0.0536. The Kier molecular flexibility index (Phi) is 9.54. The number of likely N-dealkylation sites (N-methyl/N-ethyl adjacent to an activating group) is 1. The smallest absolute Gasteiger partial charge is 0.193 e. The SMILES string of the molecule is CN=C(NCCN1CCCN(C)CC1)N1CCC(COCCOC)C1. The molecule has 0 aromatic rings. The number of hydrogen-bond donors (Lipinski definition) is 1. The number of nitrogens with zero attached hydrogens (tertiary/aromatic N) is 4. The molecule has 0 amide bonds. The van der Waals surface area contributed by atoms with Crippen LogP contribution in [0, 0.1) is 5.92 Å². The first kappa shape index (κ1) is 20.4. The molecule has 2 rings (SSSR count). The van der Waals surface area contributed by atoms with Crippen LogP contribution in [-0.4, -0.2) is 114 Å². The van der Waals surface area contributed by atoms with Gasteiger partial charge >= 0.3 is 0 Å². The second kappa shape index (κ2) is 11.7. The van der Waals surface area contributed by atoms with Crippen molar-refractivity contribution in [1.29, 1.82) is 0 Å². The molecule has 0 aromatic carbocycles. The van der Waals surface area contributed by atoms with E-state index >= 15 is 0 Å². The minimum absolute atomic E-state index is 0.594. The van der Waals surface area contributed by atoms with Gasteiger partial charge in [-0.05, 0) is 33.0 Å². The summed E-state index contributed by atoms with van der Waals surface area (Å²) in [5.74, 6) is 1.63. The van der Waals surface area contributed by atoms with Gasteiger partial charge in [-0.2, -0.15) is 0 Å². The highest BCUT2D eigenvalue weighted by molar-refractivity contribution is 5.80. The summed E-state index contributed by atoms with van der Waals surface area (Å²) in [4.78, 5) is 11.8. The molecule has 7 heteroatoms. The molecule has 2 fully saturated rings. The second-order valence-electron chi connectivity index (χ2n) is 7.14. The number of nitrogens with one attached hydrogen (secondary N) is 1. The van der Waals surface area contributed by atoms with Gasteiger partial charge in [0.1, 0.15) is 0 Å². The van der Waals surface area contributed by atoms with Gasteiger partial charge < -0.3 is 29.5 Å². The largest absolute Gasteiger partial charge is 0.382 e. The fraction of sp³-hybridized carbons (Fsp3) is 0.944. The number of guanidine groups is 1. The second-order valence-corrected chi connectivity index (χ2v) is 7.14.